The fourth-order valence-corrected chi connectivity index (χ4v) is 17.6. The van der Waals surface area contributed by atoms with Crippen molar-refractivity contribution in [3.63, 3.8) is 0 Å². The number of aryl methyl sites for hydroxylation is 6. The van der Waals surface area contributed by atoms with Gasteiger partial charge in [-0.3, -0.25) is 0 Å². The lowest BCUT2D eigenvalue weighted by molar-refractivity contribution is 0.569. The number of thiophene rings is 4. The molecule has 0 amide bonds. The van der Waals surface area contributed by atoms with Crippen LogP contribution < -0.4 is 0 Å². The van der Waals surface area contributed by atoms with E-state index in [9.17, 15) is 0 Å². The molecular formula is C74H104F2N2S4. The van der Waals surface area contributed by atoms with E-state index in [1.165, 1.54) is 207 Å². The molecule has 2 aromatic carbocycles. The summed E-state index contributed by atoms with van der Waals surface area (Å²) in [6, 6.07) is 22.3. The molecule has 0 aliphatic rings. The number of fused-ring (bicyclic) bond motifs is 5. The van der Waals surface area contributed by atoms with Gasteiger partial charge in [0.15, 0.2) is 0 Å². The summed E-state index contributed by atoms with van der Waals surface area (Å²) >= 11 is 7.50. The zero-order valence-electron chi connectivity index (χ0n) is 51.9. The van der Waals surface area contributed by atoms with Crippen molar-refractivity contribution in [3.05, 3.63) is 93.2 Å². The van der Waals surface area contributed by atoms with Crippen molar-refractivity contribution in [3.8, 4) is 40.4 Å². The molecule has 8 aromatic rings. The summed E-state index contributed by atoms with van der Waals surface area (Å²) in [5, 5.41) is 1.92. The molecule has 8 rings (SSSR count). The molecule has 0 spiro atoms. The van der Waals surface area contributed by atoms with E-state index in [0.717, 1.165) is 120 Å². The molecule has 2 nitrogen and oxygen atoms in total. The summed E-state index contributed by atoms with van der Waals surface area (Å²) in [6.07, 6.45) is 43.8. The molecule has 0 aliphatic carbocycles. The van der Waals surface area contributed by atoms with Gasteiger partial charge < -0.3 is 9.13 Å². The molecule has 0 unspecified atom stereocenters. The molecule has 6 heterocycles. The number of unbranched alkanes of at least 4 members (excludes halogenated alkanes) is 26. The van der Waals surface area contributed by atoms with Crippen LogP contribution in [0.15, 0.2) is 60.7 Å². The number of rotatable bonds is 42. The number of aromatic nitrogens is 2. The predicted octanol–water partition coefficient (Wildman–Crippen LogP) is 26.7. The zero-order valence-corrected chi connectivity index (χ0v) is 55.2. The Morgan fingerprint density at radius 1 is 0.317 bits per heavy atom. The second-order valence-corrected chi connectivity index (χ2v) is 28.8. The van der Waals surface area contributed by atoms with Gasteiger partial charge >= 0.3 is 0 Å². The van der Waals surface area contributed by atoms with Crippen molar-refractivity contribution >= 4 is 78.2 Å². The molecule has 82 heavy (non-hydrogen) atoms. The van der Waals surface area contributed by atoms with E-state index < -0.39 is 0 Å². The summed E-state index contributed by atoms with van der Waals surface area (Å²) in [4.78, 5) is 10.3. The highest BCUT2D eigenvalue weighted by atomic mass is 32.1. The van der Waals surface area contributed by atoms with Gasteiger partial charge in [0, 0.05) is 74.0 Å². The van der Waals surface area contributed by atoms with Crippen molar-refractivity contribution in [2.45, 2.75) is 286 Å². The van der Waals surface area contributed by atoms with Crippen molar-refractivity contribution in [1.29, 1.82) is 0 Å². The second kappa shape index (κ2) is 34.6. The quantitative estimate of drug-likeness (QED) is 0.0338. The van der Waals surface area contributed by atoms with Gasteiger partial charge in [-0.05, 0) is 136 Å². The zero-order chi connectivity index (χ0) is 57.5. The largest absolute Gasteiger partial charge is 0.339 e. The molecule has 0 bridgehead atoms. The standard InChI is InChI=1S/C74H104F2N2S4/c1-7-13-19-25-29-33-39-55-49-69(81-73(55)67-45-43-57(79-67)41-35-23-17-11-5)59-53-65-61(51-63(59)75)71-72(77(65)47-37-31-27-21-15-9-3)62-52-64(76)60(54-66(62)78(71)48-38-32-28-22-16-10-4)70-50-56(40-34-30-26-20-14-8-2)74(82-70)68-46-44-58(80-68)42-36-24-18-12-6/h43-46,49-54H,7-42,47-48H2,1-6H3. The molecular weight excluding hydrogens is 1080 g/mol. The number of nitrogens with zero attached hydrogens (tertiary/aromatic N) is 2. The van der Waals surface area contributed by atoms with E-state index in [4.69, 9.17) is 0 Å². The minimum absolute atomic E-state index is 0.155. The predicted molar refractivity (Wildman–Crippen MR) is 365 cm³/mol. The maximum atomic E-state index is 17.7. The first-order valence-corrected chi connectivity index (χ1v) is 37.0. The van der Waals surface area contributed by atoms with Crippen LogP contribution in [-0.2, 0) is 38.8 Å². The maximum Gasteiger partial charge on any atom is 0.132 e. The lowest BCUT2D eigenvalue weighted by Gasteiger charge is -2.12. The van der Waals surface area contributed by atoms with E-state index in [-0.39, 0.29) is 11.6 Å². The average molecular weight is 1190 g/mol. The monoisotopic (exact) mass is 1190 g/mol. The summed E-state index contributed by atoms with van der Waals surface area (Å²) in [7, 11) is 0. The van der Waals surface area contributed by atoms with E-state index in [2.05, 4.69) is 99.2 Å². The lowest BCUT2D eigenvalue weighted by Crippen LogP contribution is -1.99. The SMILES string of the molecule is CCCCCCCCc1cc(-c2cc3c(cc2F)c2c(c4cc(F)c(-c5cc(CCCCCCCC)c(-c6ccc(CCCCCC)s6)s5)cc4n2CCCCCCCC)n3CCCCCCCC)sc1-c1ccc(CCCCCC)s1. The van der Waals surface area contributed by atoms with E-state index in [1.54, 1.807) is 22.7 Å². The van der Waals surface area contributed by atoms with Gasteiger partial charge in [-0.25, -0.2) is 8.78 Å². The van der Waals surface area contributed by atoms with E-state index in [1.807, 2.05) is 34.8 Å². The van der Waals surface area contributed by atoms with Crippen molar-refractivity contribution in [1.82, 2.24) is 9.13 Å². The normalized spacial score (nSPS) is 12.0. The van der Waals surface area contributed by atoms with Crippen LogP contribution in [0.2, 0.25) is 0 Å². The van der Waals surface area contributed by atoms with Crippen molar-refractivity contribution in [2.24, 2.45) is 0 Å². The van der Waals surface area contributed by atoms with Crippen molar-refractivity contribution < 1.29 is 8.78 Å². The third kappa shape index (κ3) is 17.3. The molecule has 0 aliphatic heterocycles. The molecule has 448 valence electrons. The van der Waals surface area contributed by atoms with Gasteiger partial charge in [-0.1, -0.05) is 208 Å². The number of hydrogen-bond acceptors (Lipinski definition) is 4. The molecule has 6 aromatic heterocycles. The second-order valence-electron chi connectivity index (χ2n) is 24.4. The highest BCUT2D eigenvalue weighted by Gasteiger charge is 2.26. The first kappa shape index (κ1) is 64.4. The summed E-state index contributed by atoms with van der Waals surface area (Å²) < 4.78 is 40.4. The molecule has 0 fully saturated rings. The van der Waals surface area contributed by atoms with Crippen LogP contribution in [0.25, 0.3) is 73.2 Å². The summed E-state index contributed by atoms with van der Waals surface area (Å²) in [5.74, 6) is -0.310. The van der Waals surface area contributed by atoms with Crippen LogP contribution in [-0.4, -0.2) is 9.13 Å². The molecule has 8 heteroatoms. The maximum absolute atomic E-state index is 17.7. The van der Waals surface area contributed by atoms with Gasteiger partial charge in [0.25, 0.3) is 0 Å². The molecule has 0 radical (unpaired) electrons. The van der Waals surface area contributed by atoms with Crippen LogP contribution in [0.4, 0.5) is 8.78 Å². The molecule has 0 atom stereocenters. The Morgan fingerprint density at radius 3 is 1.00 bits per heavy atom. The highest BCUT2D eigenvalue weighted by molar-refractivity contribution is 7.24. The Balaban J connectivity index is 1.24. The minimum Gasteiger partial charge on any atom is -0.339 e. The summed E-state index contributed by atoms with van der Waals surface area (Å²) in [6.45, 7) is 15.4. The van der Waals surface area contributed by atoms with Gasteiger partial charge in [0.1, 0.15) is 11.6 Å². The first-order chi connectivity index (χ1) is 40.3. The third-order valence-electron chi connectivity index (χ3n) is 17.6. The minimum atomic E-state index is -0.155. The van der Waals surface area contributed by atoms with Crippen LogP contribution in [0, 0.1) is 11.6 Å². The number of hydrogen-bond donors (Lipinski definition) is 0. The van der Waals surface area contributed by atoms with Crippen molar-refractivity contribution in [2.75, 3.05) is 0 Å². The molecule has 0 N–H and O–H groups in total. The summed E-state index contributed by atoms with van der Waals surface area (Å²) in [5.41, 5.74) is 8.46. The number of halogens is 2. The Labute approximate surface area is 511 Å². The average Bonchev–Trinajstić information content (AvgIpc) is 2.13. The van der Waals surface area contributed by atoms with Crippen LogP contribution in [0.5, 0.6) is 0 Å². The number of benzene rings is 2. The van der Waals surface area contributed by atoms with Gasteiger partial charge in [0.2, 0.25) is 0 Å². The smallest absolute Gasteiger partial charge is 0.132 e. The highest BCUT2D eigenvalue weighted by Crippen LogP contribution is 2.48. The first-order valence-electron chi connectivity index (χ1n) is 33.7. The van der Waals surface area contributed by atoms with Crippen LogP contribution in [0.3, 0.4) is 0 Å². The lowest BCUT2D eigenvalue weighted by atomic mass is 10.0. The van der Waals surface area contributed by atoms with Gasteiger partial charge in [0.05, 0.1) is 22.1 Å². The Hall–Kier alpha value is -3.56. The Morgan fingerprint density at radius 2 is 0.634 bits per heavy atom. The topological polar surface area (TPSA) is 9.86 Å². The van der Waals surface area contributed by atoms with Crippen LogP contribution >= 0.6 is 45.3 Å². The fraction of sp³-hybridized carbons (Fsp3) is 0.595. The Bertz CT molecular complexity index is 2920. The molecule has 0 saturated heterocycles. The fourth-order valence-electron chi connectivity index (χ4n) is 12.8. The Kier molecular flexibility index (Phi) is 27.2. The van der Waals surface area contributed by atoms with Gasteiger partial charge in [-0.2, -0.15) is 0 Å². The third-order valence-corrected chi connectivity index (χ3v) is 22.6. The van der Waals surface area contributed by atoms with E-state index in [0.29, 0.717) is 11.1 Å². The van der Waals surface area contributed by atoms with E-state index >= 15 is 8.78 Å². The van der Waals surface area contributed by atoms with Gasteiger partial charge in [-0.15, -0.1) is 45.3 Å². The molecule has 0 saturated carbocycles. The van der Waals surface area contributed by atoms with Crippen LogP contribution in [0.1, 0.15) is 268 Å².